The summed E-state index contributed by atoms with van der Waals surface area (Å²) < 4.78 is 69.4. The normalized spacial score (nSPS) is 12.5. The number of benzene rings is 3. The van der Waals surface area contributed by atoms with E-state index in [1.807, 2.05) is 0 Å². The molecule has 0 aromatic heterocycles. The molecule has 0 spiro atoms. The zero-order valence-corrected chi connectivity index (χ0v) is 24.7. The highest BCUT2D eigenvalue weighted by Gasteiger charge is 2.37. The molecule has 0 radical (unpaired) electrons. The number of halogens is 5. The van der Waals surface area contributed by atoms with Gasteiger partial charge in [0.05, 0.1) is 21.2 Å². The highest BCUT2D eigenvalue weighted by Crippen LogP contribution is 2.38. The van der Waals surface area contributed by atoms with Gasteiger partial charge in [-0.3, -0.25) is 13.9 Å². The van der Waals surface area contributed by atoms with Crippen LogP contribution in [0.4, 0.5) is 18.9 Å². The van der Waals surface area contributed by atoms with Gasteiger partial charge in [-0.15, -0.1) is 0 Å². The number of hydrogen-bond acceptors (Lipinski definition) is 4. The van der Waals surface area contributed by atoms with Crippen LogP contribution in [0, 0.1) is 6.92 Å². The van der Waals surface area contributed by atoms with Crippen molar-refractivity contribution in [3.8, 4) is 0 Å². The lowest BCUT2D eigenvalue weighted by molar-refractivity contribution is -0.140. The molecule has 0 unspecified atom stereocenters. The van der Waals surface area contributed by atoms with Crippen molar-refractivity contribution in [3.05, 3.63) is 93.5 Å². The number of sulfonamides is 1. The SMILES string of the molecule is CC[C@H](C(=O)NC)N(Cc1ccc(Cl)cc1)C(=O)CN(c1ccc(Cl)c(C(F)(F)F)c1)S(=O)(=O)c1ccc(C)cc1. The van der Waals surface area contributed by atoms with Gasteiger partial charge in [0.25, 0.3) is 10.0 Å². The van der Waals surface area contributed by atoms with Gasteiger partial charge in [-0.25, -0.2) is 8.42 Å². The number of carbonyl (C=O) groups is 2. The number of rotatable bonds is 10. The fourth-order valence-electron chi connectivity index (χ4n) is 4.12. The lowest BCUT2D eigenvalue weighted by atomic mass is 10.1. The molecule has 3 aromatic rings. The van der Waals surface area contributed by atoms with Gasteiger partial charge in [-0.05, 0) is 61.4 Å². The average molecular weight is 631 g/mol. The largest absolute Gasteiger partial charge is 0.417 e. The highest BCUT2D eigenvalue weighted by molar-refractivity contribution is 7.92. The topological polar surface area (TPSA) is 86.8 Å². The molecule has 0 aliphatic carbocycles. The van der Waals surface area contributed by atoms with Crippen LogP contribution in [0.5, 0.6) is 0 Å². The number of aryl methyl sites for hydroxylation is 1. The van der Waals surface area contributed by atoms with Crippen molar-refractivity contribution in [1.82, 2.24) is 10.2 Å². The van der Waals surface area contributed by atoms with Gasteiger partial charge in [0.15, 0.2) is 0 Å². The lowest BCUT2D eigenvalue weighted by Crippen LogP contribution is -2.51. The highest BCUT2D eigenvalue weighted by atomic mass is 35.5. The first-order valence-electron chi connectivity index (χ1n) is 12.4. The van der Waals surface area contributed by atoms with Crippen molar-refractivity contribution in [3.63, 3.8) is 0 Å². The molecule has 7 nitrogen and oxygen atoms in total. The van der Waals surface area contributed by atoms with Crippen molar-refractivity contribution >= 4 is 50.7 Å². The van der Waals surface area contributed by atoms with E-state index in [0.29, 0.717) is 21.0 Å². The molecule has 0 aliphatic heterocycles. The van der Waals surface area contributed by atoms with Crippen molar-refractivity contribution in [2.45, 2.75) is 43.9 Å². The Balaban J connectivity index is 2.14. The number of anilines is 1. The molecule has 1 atom stereocenters. The molecule has 1 N–H and O–H groups in total. The lowest BCUT2D eigenvalue weighted by Gasteiger charge is -2.33. The number of nitrogens with one attached hydrogen (secondary N) is 1. The molecule has 0 saturated carbocycles. The number of nitrogens with zero attached hydrogens (tertiary/aromatic N) is 2. The summed E-state index contributed by atoms with van der Waals surface area (Å²) in [5.41, 5.74) is -0.329. The van der Waals surface area contributed by atoms with Gasteiger partial charge in [0, 0.05) is 18.6 Å². The smallest absolute Gasteiger partial charge is 0.357 e. The summed E-state index contributed by atoms with van der Waals surface area (Å²) in [6.07, 6.45) is -4.70. The molecular formula is C28H28Cl2F3N3O4S. The van der Waals surface area contributed by atoms with Crippen molar-refractivity contribution in [1.29, 1.82) is 0 Å². The summed E-state index contributed by atoms with van der Waals surface area (Å²) in [4.78, 5) is 27.6. The molecule has 3 rings (SSSR count). The Kier molecular flexibility index (Phi) is 10.3. The number of carbonyl (C=O) groups excluding carboxylic acids is 2. The van der Waals surface area contributed by atoms with Crippen LogP contribution >= 0.6 is 23.2 Å². The standard InChI is InChI=1S/C28H28Cl2F3N3O4S/c1-4-25(27(38)34-3)35(16-19-7-9-20(29)10-8-19)26(37)17-36(41(39,40)22-12-5-18(2)6-13-22)21-11-14-24(30)23(15-21)28(31,32)33/h5-15,25H,4,16-17H2,1-3H3,(H,34,38)/t25-/m1/s1. The van der Waals surface area contributed by atoms with E-state index in [0.717, 1.165) is 17.7 Å². The minimum Gasteiger partial charge on any atom is -0.357 e. The fourth-order valence-corrected chi connectivity index (χ4v) is 5.88. The van der Waals surface area contributed by atoms with Crippen LogP contribution in [0.15, 0.2) is 71.6 Å². The fraction of sp³-hybridized carbons (Fsp3) is 0.286. The van der Waals surface area contributed by atoms with E-state index in [9.17, 15) is 31.2 Å². The van der Waals surface area contributed by atoms with E-state index in [1.165, 1.54) is 36.2 Å². The Labute approximate surface area is 246 Å². The molecular weight excluding hydrogens is 602 g/mol. The molecule has 2 amide bonds. The van der Waals surface area contributed by atoms with E-state index in [4.69, 9.17) is 23.2 Å². The first-order valence-corrected chi connectivity index (χ1v) is 14.6. The Morgan fingerprint density at radius 2 is 1.59 bits per heavy atom. The quantitative estimate of drug-likeness (QED) is 0.295. The van der Waals surface area contributed by atoms with Gasteiger partial charge >= 0.3 is 6.18 Å². The maximum absolute atomic E-state index is 13.9. The third kappa shape index (κ3) is 7.72. The Morgan fingerprint density at radius 1 is 0.976 bits per heavy atom. The van der Waals surface area contributed by atoms with E-state index < -0.39 is 56.9 Å². The molecule has 41 heavy (non-hydrogen) atoms. The summed E-state index contributed by atoms with van der Waals surface area (Å²) in [6, 6.07) is 13.8. The predicted molar refractivity (Wildman–Crippen MR) is 152 cm³/mol. The molecule has 220 valence electrons. The summed E-state index contributed by atoms with van der Waals surface area (Å²) >= 11 is 11.8. The molecule has 0 saturated heterocycles. The second-order valence-corrected chi connectivity index (χ2v) is 11.9. The van der Waals surface area contributed by atoms with Crippen LogP contribution in [0.25, 0.3) is 0 Å². The van der Waals surface area contributed by atoms with Crippen LogP contribution in [0.2, 0.25) is 10.0 Å². The summed E-state index contributed by atoms with van der Waals surface area (Å²) in [5, 5.41) is 2.32. The zero-order valence-electron chi connectivity index (χ0n) is 22.4. The van der Waals surface area contributed by atoms with Gasteiger partial charge in [0.1, 0.15) is 12.6 Å². The number of alkyl halides is 3. The van der Waals surface area contributed by atoms with Crippen LogP contribution in [0.1, 0.15) is 30.0 Å². The van der Waals surface area contributed by atoms with Gasteiger partial charge in [0.2, 0.25) is 11.8 Å². The van der Waals surface area contributed by atoms with Crippen LogP contribution in [-0.4, -0.2) is 44.8 Å². The molecule has 0 bridgehead atoms. The van der Waals surface area contributed by atoms with Crippen LogP contribution in [-0.2, 0) is 32.3 Å². The van der Waals surface area contributed by atoms with Crippen molar-refractivity contribution in [2.75, 3.05) is 17.9 Å². The monoisotopic (exact) mass is 629 g/mol. The summed E-state index contributed by atoms with van der Waals surface area (Å²) in [6.45, 7) is 2.44. The van der Waals surface area contributed by atoms with Gasteiger partial charge < -0.3 is 10.2 Å². The van der Waals surface area contributed by atoms with Crippen LogP contribution < -0.4 is 9.62 Å². The van der Waals surface area contributed by atoms with Crippen molar-refractivity contribution in [2.24, 2.45) is 0 Å². The Morgan fingerprint density at radius 3 is 2.12 bits per heavy atom. The Hall–Kier alpha value is -3.28. The molecule has 13 heteroatoms. The first-order chi connectivity index (χ1) is 19.2. The minimum absolute atomic E-state index is 0.0885. The maximum Gasteiger partial charge on any atom is 0.417 e. The van der Waals surface area contributed by atoms with Crippen LogP contribution in [0.3, 0.4) is 0 Å². The number of likely N-dealkylation sites (N-methyl/N-ethyl adjacent to an activating group) is 1. The molecule has 3 aromatic carbocycles. The third-order valence-corrected chi connectivity index (χ3v) is 8.70. The van der Waals surface area contributed by atoms with E-state index in [2.05, 4.69) is 5.32 Å². The second kappa shape index (κ2) is 13.1. The van der Waals surface area contributed by atoms with Crippen molar-refractivity contribution < 1.29 is 31.2 Å². The Bertz CT molecular complexity index is 1500. The van der Waals surface area contributed by atoms with E-state index in [1.54, 1.807) is 38.1 Å². The first kappa shape index (κ1) is 32.2. The second-order valence-electron chi connectivity index (χ2n) is 9.17. The number of amides is 2. The molecule has 0 fully saturated rings. The number of hydrogen-bond donors (Lipinski definition) is 1. The summed E-state index contributed by atoms with van der Waals surface area (Å²) in [7, 11) is -3.15. The predicted octanol–water partition coefficient (Wildman–Crippen LogP) is 6.07. The third-order valence-electron chi connectivity index (χ3n) is 6.33. The minimum atomic E-state index is -4.89. The van der Waals surface area contributed by atoms with E-state index >= 15 is 0 Å². The zero-order chi connectivity index (χ0) is 30.5. The van der Waals surface area contributed by atoms with Gasteiger partial charge in [-0.2, -0.15) is 13.2 Å². The average Bonchev–Trinajstić information content (AvgIpc) is 2.92. The van der Waals surface area contributed by atoms with Gasteiger partial charge in [-0.1, -0.05) is 60.0 Å². The molecule has 0 aliphatic rings. The van der Waals surface area contributed by atoms with E-state index in [-0.39, 0.29) is 17.9 Å². The summed E-state index contributed by atoms with van der Waals surface area (Å²) in [5.74, 6) is -1.30. The molecule has 0 heterocycles. The maximum atomic E-state index is 13.9.